The first-order valence-corrected chi connectivity index (χ1v) is 6.32. The maximum atomic E-state index is 11.7. The van der Waals surface area contributed by atoms with Gasteiger partial charge in [0, 0.05) is 6.54 Å². The van der Waals surface area contributed by atoms with Crippen LogP contribution in [0, 0.1) is 5.92 Å². The van der Waals surface area contributed by atoms with Crippen LogP contribution in [0.1, 0.15) is 39.5 Å². The van der Waals surface area contributed by atoms with E-state index < -0.39 is 6.03 Å². The second-order valence-corrected chi connectivity index (χ2v) is 4.47. The van der Waals surface area contributed by atoms with Crippen molar-refractivity contribution in [1.29, 1.82) is 0 Å². The molecule has 1 atom stereocenters. The predicted octanol–water partition coefficient (Wildman–Crippen LogP) is 1.51. The first-order valence-electron chi connectivity index (χ1n) is 6.32. The molecule has 2 N–H and O–H groups in total. The van der Waals surface area contributed by atoms with E-state index in [-0.39, 0.29) is 24.5 Å². The number of ether oxygens (including phenoxy) is 1. The van der Waals surface area contributed by atoms with Crippen molar-refractivity contribution in [2.75, 3.05) is 13.2 Å². The highest BCUT2D eigenvalue weighted by atomic mass is 16.5. The molecule has 1 rings (SSSR count). The van der Waals surface area contributed by atoms with Gasteiger partial charge in [0.05, 0.1) is 12.0 Å². The van der Waals surface area contributed by atoms with Crippen LogP contribution in [0.15, 0.2) is 0 Å². The fourth-order valence-corrected chi connectivity index (χ4v) is 2.22. The monoisotopic (exact) mass is 242 g/mol. The molecule has 98 valence electrons. The molecule has 5 heteroatoms. The molecule has 1 aliphatic rings. The van der Waals surface area contributed by atoms with Crippen molar-refractivity contribution < 1.29 is 14.3 Å². The van der Waals surface area contributed by atoms with Crippen LogP contribution < -0.4 is 5.73 Å². The lowest BCUT2D eigenvalue weighted by Crippen LogP contribution is -2.42. The van der Waals surface area contributed by atoms with Crippen LogP contribution in [-0.2, 0) is 9.53 Å². The number of carbonyl (C=O) groups is 2. The lowest BCUT2D eigenvalue weighted by Gasteiger charge is -2.23. The lowest BCUT2D eigenvalue weighted by molar-refractivity contribution is -0.150. The van der Waals surface area contributed by atoms with Gasteiger partial charge in [-0.1, -0.05) is 13.8 Å². The van der Waals surface area contributed by atoms with Gasteiger partial charge in [0.15, 0.2) is 0 Å². The second kappa shape index (κ2) is 6.47. The van der Waals surface area contributed by atoms with Crippen LogP contribution >= 0.6 is 0 Å². The number of likely N-dealkylation sites (tertiary alicyclic amines) is 1. The minimum absolute atomic E-state index is 0.0292. The minimum Gasteiger partial charge on any atom is -0.463 e. The molecule has 0 aromatic carbocycles. The molecule has 0 spiro atoms. The number of hydrogen-bond acceptors (Lipinski definition) is 3. The maximum absolute atomic E-state index is 11.7. The molecule has 5 nitrogen and oxygen atoms in total. The van der Waals surface area contributed by atoms with E-state index in [1.54, 1.807) is 4.90 Å². The first kappa shape index (κ1) is 13.8. The second-order valence-electron chi connectivity index (χ2n) is 4.47. The molecule has 1 unspecified atom stereocenters. The van der Waals surface area contributed by atoms with Gasteiger partial charge in [-0.2, -0.15) is 0 Å². The highest BCUT2D eigenvalue weighted by Gasteiger charge is 2.28. The molecule has 0 radical (unpaired) electrons. The summed E-state index contributed by atoms with van der Waals surface area (Å²) in [5.74, 6) is -0.190. The zero-order chi connectivity index (χ0) is 12.8. The summed E-state index contributed by atoms with van der Waals surface area (Å²) in [5, 5.41) is 0. The van der Waals surface area contributed by atoms with E-state index in [1.165, 1.54) is 0 Å². The number of nitrogens with two attached hydrogens (primary N) is 1. The summed E-state index contributed by atoms with van der Waals surface area (Å²) in [4.78, 5) is 24.4. The summed E-state index contributed by atoms with van der Waals surface area (Å²) in [6.07, 6.45) is 3.37. The van der Waals surface area contributed by atoms with E-state index in [9.17, 15) is 9.59 Å². The standard InChI is InChI=1S/C12H22N2O3/c1-3-9(4-2)11(15)17-8-10-6-5-7-14(10)12(13)16/h9-10H,3-8H2,1-2H3,(H2,13,16). The Hall–Kier alpha value is -1.26. The molecule has 0 aromatic heterocycles. The molecule has 2 amide bonds. The van der Waals surface area contributed by atoms with Crippen LogP contribution in [0.3, 0.4) is 0 Å². The van der Waals surface area contributed by atoms with Crippen molar-refractivity contribution in [2.45, 2.75) is 45.6 Å². The van der Waals surface area contributed by atoms with E-state index in [0.717, 1.165) is 25.7 Å². The van der Waals surface area contributed by atoms with Crippen molar-refractivity contribution in [3.05, 3.63) is 0 Å². The van der Waals surface area contributed by atoms with Crippen LogP contribution in [-0.4, -0.2) is 36.1 Å². The fraction of sp³-hybridized carbons (Fsp3) is 0.833. The van der Waals surface area contributed by atoms with Gasteiger partial charge in [0.2, 0.25) is 0 Å². The summed E-state index contributed by atoms with van der Waals surface area (Å²) in [6, 6.07) is -0.461. The molecule has 0 saturated carbocycles. The third-order valence-corrected chi connectivity index (χ3v) is 3.40. The van der Waals surface area contributed by atoms with Crippen LogP contribution in [0.5, 0.6) is 0 Å². The number of nitrogens with zero attached hydrogens (tertiary/aromatic N) is 1. The van der Waals surface area contributed by atoms with E-state index in [2.05, 4.69) is 0 Å². The van der Waals surface area contributed by atoms with Gasteiger partial charge in [0.1, 0.15) is 6.61 Å². The quantitative estimate of drug-likeness (QED) is 0.743. The lowest BCUT2D eigenvalue weighted by atomic mass is 10.0. The fourth-order valence-electron chi connectivity index (χ4n) is 2.22. The number of amides is 2. The van der Waals surface area contributed by atoms with Gasteiger partial charge in [-0.25, -0.2) is 4.79 Å². The van der Waals surface area contributed by atoms with Gasteiger partial charge in [-0.3, -0.25) is 4.79 Å². The molecular formula is C12H22N2O3. The molecule has 1 heterocycles. The smallest absolute Gasteiger partial charge is 0.315 e. The Morgan fingerprint density at radius 3 is 2.59 bits per heavy atom. The molecule has 0 bridgehead atoms. The average molecular weight is 242 g/mol. The van der Waals surface area contributed by atoms with E-state index in [1.807, 2.05) is 13.8 Å². The number of esters is 1. The Labute approximate surface area is 102 Å². The number of urea groups is 1. The Balaban J connectivity index is 2.39. The largest absolute Gasteiger partial charge is 0.463 e. The topological polar surface area (TPSA) is 72.6 Å². The summed E-state index contributed by atoms with van der Waals surface area (Å²) in [5.41, 5.74) is 5.25. The number of hydrogen-bond donors (Lipinski definition) is 1. The third kappa shape index (κ3) is 3.61. The number of rotatable bonds is 5. The average Bonchev–Trinajstić information content (AvgIpc) is 2.76. The van der Waals surface area contributed by atoms with Crippen LogP contribution in [0.4, 0.5) is 4.79 Å². The van der Waals surface area contributed by atoms with Gasteiger partial charge < -0.3 is 15.4 Å². The Kier molecular flexibility index (Phi) is 5.25. The number of carbonyl (C=O) groups excluding carboxylic acids is 2. The molecule has 1 fully saturated rings. The molecular weight excluding hydrogens is 220 g/mol. The summed E-state index contributed by atoms with van der Waals surface area (Å²) in [6.45, 7) is 4.89. The SMILES string of the molecule is CCC(CC)C(=O)OCC1CCCN1C(N)=O. The van der Waals surface area contributed by atoms with E-state index in [0.29, 0.717) is 6.54 Å². The van der Waals surface area contributed by atoms with Crippen molar-refractivity contribution in [2.24, 2.45) is 11.7 Å². The van der Waals surface area contributed by atoms with E-state index >= 15 is 0 Å². The Bertz CT molecular complexity index is 277. The van der Waals surface area contributed by atoms with E-state index in [4.69, 9.17) is 10.5 Å². The van der Waals surface area contributed by atoms with Gasteiger partial charge in [-0.15, -0.1) is 0 Å². The zero-order valence-electron chi connectivity index (χ0n) is 10.6. The molecule has 1 saturated heterocycles. The van der Waals surface area contributed by atoms with Crippen molar-refractivity contribution in [1.82, 2.24) is 4.90 Å². The zero-order valence-corrected chi connectivity index (χ0v) is 10.6. The summed E-state index contributed by atoms with van der Waals surface area (Å²) < 4.78 is 5.26. The van der Waals surface area contributed by atoms with Gasteiger partial charge in [-0.05, 0) is 25.7 Å². The Morgan fingerprint density at radius 1 is 1.41 bits per heavy atom. The Morgan fingerprint density at radius 2 is 2.06 bits per heavy atom. The third-order valence-electron chi connectivity index (χ3n) is 3.40. The molecule has 0 aromatic rings. The maximum Gasteiger partial charge on any atom is 0.315 e. The summed E-state index contributed by atoms with van der Waals surface area (Å²) >= 11 is 0. The first-order chi connectivity index (χ1) is 8.10. The van der Waals surface area contributed by atoms with Crippen LogP contribution in [0.2, 0.25) is 0 Å². The highest BCUT2D eigenvalue weighted by Crippen LogP contribution is 2.18. The van der Waals surface area contributed by atoms with Crippen molar-refractivity contribution >= 4 is 12.0 Å². The van der Waals surface area contributed by atoms with Gasteiger partial charge >= 0.3 is 12.0 Å². The molecule has 0 aliphatic carbocycles. The number of primary amides is 1. The van der Waals surface area contributed by atoms with Crippen LogP contribution in [0.25, 0.3) is 0 Å². The molecule has 1 aliphatic heterocycles. The highest BCUT2D eigenvalue weighted by molar-refractivity contribution is 5.73. The predicted molar refractivity (Wildman–Crippen MR) is 64.3 cm³/mol. The van der Waals surface area contributed by atoms with Crippen molar-refractivity contribution in [3.63, 3.8) is 0 Å². The van der Waals surface area contributed by atoms with Gasteiger partial charge in [0.25, 0.3) is 0 Å². The van der Waals surface area contributed by atoms with Crippen molar-refractivity contribution in [3.8, 4) is 0 Å². The normalized spacial score (nSPS) is 19.7. The molecule has 17 heavy (non-hydrogen) atoms. The minimum atomic E-state index is -0.425. The summed E-state index contributed by atoms with van der Waals surface area (Å²) in [7, 11) is 0.